The fourth-order valence-electron chi connectivity index (χ4n) is 3.49. The van der Waals surface area contributed by atoms with Crippen LogP contribution in [-0.2, 0) is 20.9 Å². The van der Waals surface area contributed by atoms with Crippen LogP contribution >= 0.6 is 12.6 Å². The monoisotopic (exact) mass is 501 g/mol. The van der Waals surface area contributed by atoms with Gasteiger partial charge in [0.25, 0.3) is 0 Å². The first kappa shape index (κ1) is 28.0. The van der Waals surface area contributed by atoms with Crippen molar-refractivity contribution in [1.29, 1.82) is 0 Å². The number of amides is 3. The lowest BCUT2D eigenvalue weighted by atomic mass is 10.0. The molecule has 0 heterocycles. The first-order chi connectivity index (χ1) is 16.6. The van der Waals surface area contributed by atoms with Crippen LogP contribution in [-0.4, -0.2) is 51.9 Å². The predicted octanol–water partition coefficient (Wildman–Crippen LogP) is 3.81. The van der Waals surface area contributed by atoms with Gasteiger partial charge >= 0.3 is 6.09 Å². The Morgan fingerprint density at radius 1 is 1.06 bits per heavy atom. The van der Waals surface area contributed by atoms with E-state index in [1.54, 1.807) is 39.0 Å². The van der Waals surface area contributed by atoms with Crippen molar-refractivity contribution in [3.8, 4) is 5.75 Å². The van der Waals surface area contributed by atoms with E-state index in [2.05, 4.69) is 23.3 Å². The maximum Gasteiger partial charge on any atom is 0.408 e. The van der Waals surface area contributed by atoms with Crippen LogP contribution in [0.2, 0.25) is 0 Å². The number of phenolic OH excluding ortho intramolecular Hbond substituents is 1. The SMILES string of the molecule is CCCN(C(=O)C(CS)NC(=O)OC(C)(C)C)C(C(=O)NCc1ccccc1)c1ccccc1O. The number of aromatic hydroxyl groups is 1. The molecule has 35 heavy (non-hydrogen) atoms. The van der Waals surface area contributed by atoms with Gasteiger partial charge in [-0.2, -0.15) is 12.6 Å². The van der Waals surface area contributed by atoms with Gasteiger partial charge in [-0.1, -0.05) is 55.5 Å². The second-order valence-electron chi connectivity index (χ2n) is 9.08. The molecule has 0 radical (unpaired) electrons. The minimum Gasteiger partial charge on any atom is -0.508 e. The van der Waals surface area contributed by atoms with Crippen LogP contribution in [0.25, 0.3) is 0 Å². The fraction of sp³-hybridized carbons (Fsp3) is 0.423. The lowest BCUT2D eigenvalue weighted by Gasteiger charge is -2.34. The molecule has 0 aliphatic carbocycles. The Balaban J connectivity index is 2.37. The van der Waals surface area contributed by atoms with Crippen LogP contribution in [0.3, 0.4) is 0 Å². The Kier molecular flexibility index (Phi) is 10.4. The molecule has 3 N–H and O–H groups in total. The van der Waals surface area contributed by atoms with E-state index in [0.717, 1.165) is 5.56 Å². The molecule has 0 saturated carbocycles. The molecular weight excluding hydrogens is 466 g/mol. The van der Waals surface area contributed by atoms with Gasteiger partial charge in [0.15, 0.2) is 0 Å². The van der Waals surface area contributed by atoms with E-state index in [0.29, 0.717) is 6.42 Å². The highest BCUT2D eigenvalue weighted by Gasteiger charge is 2.36. The Morgan fingerprint density at radius 3 is 2.26 bits per heavy atom. The third-order valence-electron chi connectivity index (χ3n) is 5.02. The van der Waals surface area contributed by atoms with Crippen molar-refractivity contribution in [3.05, 3.63) is 65.7 Å². The highest BCUT2D eigenvalue weighted by molar-refractivity contribution is 7.80. The van der Waals surface area contributed by atoms with E-state index in [1.165, 1.54) is 11.0 Å². The van der Waals surface area contributed by atoms with Gasteiger partial charge in [0.1, 0.15) is 23.4 Å². The van der Waals surface area contributed by atoms with Crippen LogP contribution in [0, 0.1) is 0 Å². The maximum atomic E-state index is 13.6. The van der Waals surface area contributed by atoms with Crippen LogP contribution in [0.1, 0.15) is 51.3 Å². The number of nitrogens with one attached hydrogen (secondary N) is 2. The first-order valence-corrected chi connectivity index (χ1v) is 12.2. The van der Waals surface area contributed by atoms with E-state index < -0.39 is 35.6 Å². The lowest BCUT2D eigenvalue weighted by molar-refractivity contribution is -0.142. The zero-order chi connectivity index (χ0) is 26.0. The van der Waals surface area contributed by atoms with Crippen molar-refractivity contribution in [1.82, 2.24) is 15.5 Å². The number of carbonyl (C=O) groups is 3. The molecule has 190 valence electrons. The number of rotatable bonds is 10. The summed E-state index contributed by atoms with van der Waals surface area (Å²) in [4.78, 5) is 40.8. The Bertz CT molecular complexity index is 994. The zero-order valence-electron chi connectivity index (χ0n) is 20.7. The molecule has 2 atom stereocenters. The second kappa shape index (κ2) is 13.0. The molecule has 2 aromatic rings. The van der Waals surface area contributed by atoms with E-state index in [-0.39, 0.29) is 30.2 Å². The number of phenols is 1. The predicted molar refractivity (Wildman–Crippen MR) is 138 cm³/mol. The van der Waals surface area contributed by atoms with Crippen molar-refractivity contribution < 1.29 is 24.2 Å². The summed E-state index contributed by atoms with van der Waals surface area (Å²) < 4.78 is 5.29. The second-order valence-corrected chi connectivity index (χ2v) is 9.44. The summed E-state index contributed by atoms with van der Waals surface area (Å²) in [6, 6.07) is 13.6. The van der Waals surface area contributed by atoms with Crippen molar-refractivity contribution in [2.24, 2.45) is 0 Å². The standard InChI is InChI=1S/C26H35N3O5S/c1-5-15-29(24(32)20(17-35)28-25(33)34-26(2,3)4)22(19-13-9-10-14-21(19)30)23(31)27-16-18-11-7-6-8-12-18/h6-14,20,22,30,35H,5,15-17H2,1-4H3,(H,27,31)(H,28,33). The van der Waals surface area contributed by atoms with Gasteiger partial charge in [0.2, 0.25) is 11.8 Å². The Morgan fingerprint density at radius 2 is 1.69 bits per heavy atom. The molecule has 0 bridgehead atoms. The van der Waals surface area contributed by atoms with Gasteiger partial charge < -0.3 is 25.4 Å². The molecule has 0 fully saturated rings. The number of thiol groups is 1. The number of carbonyl (C=O) groups excluding carboxylic acids is 3. The zero-order valence-corrected chi connectivity index (χ0v) is 21.5. The van der Waals surface area contributed by atoms with Crippen molar-refractivity contribution in [2.45, 2.75) is 58.3 Å². The van der Waals surface area contributed by atoms with E-state index in [1.807, 2.05) is 37.3 Å². The average Bonchev–Trinajstić information content (AvgIpc) is 2.81. The summed E-state index contributed by atoms with van der Waals surface area (Å²) in [6.45, 7) is 7.51. The minimum absolute atomic E-state index is 0.00256. The van der Waals surface area contributed by atoms with Crippen LogP contribution < -0.4 is 10.6 Å². The maximum absolute atomic E-state index is 13.6. The molecule has 2 unspecified atom stereocenters. The number of hydrogen-bond donors (Lipinski definition) is 4. The van der Waals surface area contributed by atoms with Crippen LogP contribution in [0.15, 0.2) is 54.6 Å². The fourth-order valence-corrected chi connectivity index (χ4v) is 3.74. The van der Waals surface area contributed by atoms with Gasteiger partial charge in [-0.3, -0.25) is 9.59 Å². The lowest BCUT2D eigenvalue weighted by Crippen LogP contribution is -2.54. The largest absolute Gasteiger partial charge is 0.508 e. The highest BCUT2D eigenvalue weighted by Crippen LogP contribution is 2.30. The third kappa shape index (κ3) is 8.51. The molecule has 0 saturated heterocycles. The van der Waals surface area contributed by atoms with E-state index >= 15 is 0 Å². The Labute approximate surface area is 212 Å². The number of hydrogen-bond acceptors (Lipinski definition) is 6. The summed E-state index contributed by atoms with van der Waals surface area (Å²) in [5.41, 5.74) is 0.438. The number of alkyl carbamates (subject to hydrolysis) is 1. The normalized spacial score (nSPS) is 12.8. The number of ether oxygens (including phenoxy) is 1. The van der Waals surface area contributed by atoms with Crippen molar-refractivity contribution >= 4 is 30.5 Å². The molecule has 2 aromatic carbocycles. The van der Waals surface area contributed by atoms with E-state index in [9.17, 15) is 19.5 Å². The third-order valence-corrected chi connectivity index (χ3v) is 5.39. The molecule has 9 heteroatoms. The average molecular weight is 502 g/mol. The van der Waals surface area contributed by atoms with E-state index in [4.69, 9.17) is 4.74 Å². The van der Waals surface area contributed by atoms with Gasteiger partial charge in [-0.15, -0.1) is 0 Å². The Hall–Kier alpha value is -3.20. The van der Waals surface area contributed by atoms with Gasteiger partial charge in [0.05, 0.1) is 0 Å². The van der Waals surface area contributed by atoms with Crippen molar-refractivity contribution in [3.63, 3.8) is 0 Å². The molecular formula is C26H35N3O5S. The van der Waals surface area contributed by atoms with Crippen LogP contribution in [0.4, 0.5) is 4.79 Å². The van der Waals surface area contributed by atoms with Crippen LogP contribution in [0.5, 0.6) is 5.75 Å². The molecule has 8 nitrogen and oxygen atoms in total. The first-order valence-electron chi connectivity index (χ1n) is 11.6. The summed E-state index contributed by atoms with van der Waals surface area (Å²) in [7, 11) is 0. The smallest absolute Gasteiger partial charge is 0.408 e. The molecule has 0 aliphatic heterocycles. The van der Waals surface area contributed by atoms with Gasteiger partial charge in [-0.05, 0) is 38.8 Å². The van der Waals surface area contributed by atoms with Gasteiger partial charge in [-0.25, -0.2) is 4.79 Å². The highest BCUT2D eigenvalue weighted by atomic mass is 32.1. The molecule has 0 aliphatic rings. The molecule has 3 amide bonds. The summed E-state index contributed by atoms with van der Waals surface area (Å²) >= 11 is 4.25. The number of para-hydroxylation sites is 1. The number of nitrogens with zero attached hydrogens (tertiary/aromatic N) is 1. The quantitative estimate of drug-likeness (QED) is 0.370. The molecule has 0 spiro atoms. The topological polar surface area (TPSA) is 108 Å². The number of benzene rings is 2. The molecule has 2 rings (SSSR count). The summed E-state index contributed by atoms with van der Waals surface area (Å²) in [5.74, 6) is -1.07. The summed E-state index contributed by atoms with van der Waals surface area (Å²) in [5, 5.41) is 16.0. The van der Waals surface area contributed by atoms with Crippen molar-refractivity contribution in [2.75, 3.05) is 12.3 Å². The molecule has 0 aromatic heterocycles. The van der Waals surface area contributed by atoms with Gasteiger partial charge in [0, 0.05) is 24.4 Å². The minimum atomic E-state index is -1.12. The summed E-state index contributed by atoms with van der Waals surface area (Å²) in [6.07, 6.45) is -0.206.